The molecule has 4 heterocycles. The van der Waals surface area contributed by atoms with Crippen molar-refractivity contribution in [3.05, 3.63) is 46.5 Å². The highest BCUT2D eigenvalue weighted by atomic mass is 16.7. The van der Waals surface area contributed by atoms with Crippen LogP contribution in [0.4, 0.5) is 0 Å². The Bertz CT molecular complexity index is 1020. The van der Waals surface area contributed by atoms with Crippen molar-refractivity contribution < 1.29 is 28.8 Å². The van der Waals surface area contributed by atoms with Gasteiger partial charge in [0.05, 0.1) is 6.04 Å². The molecule has 2 aromatic carbocycles. The van der Waals surface area contributed by atoms with Gasteiger partial charge in [0.25, 0.3) is 0 Å². The van der Waals surface area contributed by atoms with E-state index in [1.807, 2.05) is 31.3 Å². The fourth-order valence-corrected chi connectivity index (χ4v) is 5.47. The Kier molecular flexibility index (Phi) is 2.42. The minimum atomic E-state index is -0.823. The van der Waals surface area contributed by atoms with Gasteiger partial charge in [-0.2, -0.15) is 0 Å². The number of nitrogens with zero attached hydrogens (tertiary/aromatic N) is 1. The molecule has 1 N–H and O–H groups in total. The van der Waals surface area contributed by atoms with Crippen LogP contribution in [0.5, 0.6) is 23.0 Å². The molecule has 4 aliphatic heterocycles. The van der Waals surface area contributed by atoms with E-state index in [-0.39, 0.29) is 25.9 Å². The number of fused-ring (bicyclic) bond motifs is 7. The van der Waals surface area contributed by atoms with Crippen molar-refractivity contribution >= 4 is 0 Å². The molecule has 0 unspecified atom stereocenters. The lowest BCUT2D eigenvalue weighted by atomic mass is 9.81. The number of benzene rings is 2. The van der Waals surface area contributed by atoms with Crippen LogP contribution in [0.25, 0.3) is 0 Å². The molecule has 1 saturated heterocycles. The van der Waals surface area contributed by atoms with Gasteiger partial charge in [0.2, 0.25) is 13.6 Å². The molecular formula is C20H17NO6. The zero-order valence-electron chi connectivity index (χ0n) is 14.6. The minimum Gasteiger partial charge on any atom is -0.454 e. The van der Waals surface area contributed by atoms with Crippen LogP contribution in [-0.2, 0) is 16.8 Å². The van der Waals surface area contributed by atoms with Crippen LogP contribution < -0.4 is 18.9 Å². The third-order valence-corrected chi connectivity index (χ3v) is 6.65. The van der Waals surface area contributed by atoms with Crippen LogP contribution in [0.15, 0.2) is 24.3 Å². The average molecular weight is 367 g/mol. The summed E-state index contributed by atoms with van der Waals surface area (Å²) in [6.07, 6.45) is -0.317. The number of likely N-dealkylation sites (N-methyl/N-ethyl adjacent to an activating group) is 1. The zero-order valence-corrected chi connectivity index (χ0v) is 14.6. The second-order valence-electron chi connectivity index (χ2n) is 7.72. The van der Waals surface area contributed by atoms with E-state index in [4.69, 9.17) is 23.7 Å². The number of rotatable bonds is 0. The highest BCUT2D eigenvalue weighted by Crippen LogP contribution is 2.65. The first kappa shape index (κ1) is 14.6. The molecule has 4 atom stereocenters. The van der Waals surface area contributed by atoms with Gasteiger partial charge in [0.15, 0.2) is 23.0 Å². The molecule has 1 aliphatic carbocycles. The second-order valence-corrected chi connectivity index (χ2v) is 7.72. The second kappa shape index (κ2) is 4.49. The summed E-state index contributed by atoms with van der Waals surface area (Å²) in [6.45, 7) is 0.423. The Hall–Kier alpha value is -2.48. The number of aliphatic hydroxyl groups is 1. The normalized spacial score (nSPS) is 33.8. The highest BCUT2D eigenvalue weighted by Gasteiger charge is 2.66. The summed E-state index contributed by atoms with van der Waals surface area (Å²) in [5.41, 5.74) is 3.02. The number of ether oxygens (including phenoxy) is 5. The zero-order chi connectivity index (χ0) is 17.9. The summed E-state index contributed by atoms with van der Waals surface area (Å²) in [4.78, 5) is 2.20. The smallest absolute Gasteiger partial charge is 0.231 e. The molecule has 7 rings (SSSR count). The number of hydrogen-bond acceptors (Lipinski definition) is 7. The van der Waals surface area contributed by atoms with Crippen molar-refractivity contribution in [2.24, 2.45) is 0 Å². The van der Waals surface area contributed by atoms with Crippen LogP contribution in [-0.4, -0.2) is 36.7 Å². The molecule has 2 bridgehead atoms. The van der Waals surface area contributed by atoms with Gasteiger partial charge in [0.1, 0.15) is 17.9 Å². The fourth-order valence-electron chi connectivity index (χ4n) is 5.47. The van der Waals surface area contributed by atoms with Crippen molar-refractivity contribution in [1.82, 2.24) is 4.90 Å². The summed E-state index contributed by atoms with van der Waals surface area (Å²) in [6, 6.07) is 7.83. The molecule has 7 heteroatoms. The molecule has 27 heavy (non-hydrogen) atoms. The van der Waals surface area contributed by atoms with E-state index < -0.39 is 11.7 Å². The predicted molar refractivity (Wildman–Crippen MR) is 90.8 cm³/mol. The van der Waals surface area contributed by atoms with Crippen molar-refractivity contribution in [2.75, 3.05) is 20.6 Å². The van der Waals surface area contributed by atoms with E-state index >= 15 is 0 Å². The largest absolute Gasteiger partial charge is 0.454 e. The average Bonchev–Trinajstić information content (AvgIpc) is 3.42. The maximum absolute atomic E-state index is 11.5. The van der Waals surface area contributed by atoms with Crippen molar-refractivity contribution in [3.8, 4) is 23.0 Å². The molecule has 2 aromatic rings. The van der Waals surface area contributed by atoms with Crippen molar-refractivity contribution in [1.29, 1.82) is 0 Å². The van der Waals surface area contributed by atoms with E-state index in [9.17, 15) is 5.11 Å². The fraction of sp³-hybridized carbons (Fsp3) is 0.400. The molecule has 0 aromatic heterocycles. The molecule has 1 fully saturated rings. The van der Waals surface area contributed by atoms with E-state index in [0.717, 1.165) is 34.4 Å². The van der Waals surface area contributed by atoms with Crippen LogP contribution in [0.1, 0.15) is 34.6 Å². The Balaban J connectivity index is 1.48. The topological polar surface area (TPSA) is 69.6 Å². The maximum Gasteiger partial charge on any atom is 0.231 e. The first-order valence-corrected chi connectivity index (χ1v) is 9.11. The third kappa shape index (κ3) is 1.49. The van der Waals surface area contributed by atoms with Crippen LogP contribution >= 0.6 is 0 Å². The Morgan fingerprint density at radius 3 is 2.70 bits per heavy atom. The van der Waals surface area contributed by atoms with Crippen LogP contribution in [0.3, 0.4) is 0 Å². The minimum absolute atomic E-state index is 0.0143. The lowest BCUT2D eigenvalue weighted by Crippen LogP contribution is -2.43. The summed E-state index contributed by atoms with van der Waals surface area (Å²) in [5.74, 6) is 2.86. The van der Waals surface area contributed by atoms with Gasteiger partial charge in [-0.3, -0.25) is 4.90 Å². The maximum atomic E-state index is 11.5. The molecule has 0 amide bonds. The molecular weight excluding hydrogens is 350 g/mol. The molecule has 1 spiro atoms. The summed E-state index contributed by atoms with van der Waals surface area (Å²) in [5, 5.41) is 11.5. The number of aliphatic hydroxyl groups excluding tert-OH is 1. The standard InChI is InChI=1S/C20H17NO6/c1-21-15-5-9-4-13-14(25-7-24-13)6-11(9)20(15)18(22)10-2-3-12-17(26-8-23-12)16(10)19(21)27-20/h2-4,6,15,18-19,22H,5,7-8H2,1H3/t15-,18-,19+,20+/m1/s1. The molecule has 7 nitrogen and oxygen atoms in total. The van der Waals surface area contributed by atoms with E-state index in [0.29, 0.717) is 17.2 Å². The SMILES string of the molecule is CN1[C@H]2O[C@]3(c4cc5c(cc4C[C@@H]13)OCO5)[C@H](O)c1ccc3c(c12)OCO3. The predicted octanol–water partition coefficient (Wildman–Crippen LogP) is 1.97. The van der Waals surface area contributed by atoms with Gasteiger partial charge < -0.3 is 28.8 Å². The lowest BCUT2D eigenvalue weighted by molar-refractivity contribution is -0.146. The monoisotopic (exact) mass is 367 g/mol. The van der Waals surface area contributed by atoms with Crippen molar-refractivity contribution in [3.63, 3.8) is 0 Å². The molecule has 138 valence electrons. The molecule has 0 saturated carbocycles. The van der Waals surface area contributed by atoms with Crippen LogP contribution in [0, 0.1) is 0 Å². The quantitative estimate of drug-likeness (QED) is 0.763. The van der Waals surface area contributed by atoms with Gasteiger partial charge in [-0.25, -0.2) is 0 Å². The summed E-state index contributed by atoms with van der Waals surface area (Å²) in [7, 11) is 2.04. The Morgan fingerprint density at radius 1 is 1.04 bits per heavy atom. The van der Waals surface area contributed by atoms with E-state index in [1.54, 1.807) is 0 Å². The van der Waals surface area contributed by atoms with Crippen LogP contribution in [0.2, 0.25) is 0 Å². The molecule has 5 aliphatic rings. The van der Waals surface area contributed by atoms with Gasteiger partial charge in [-0.05, 0) is 48.4 Å². The Labute approximate surface area is 155 Å². The third-order valence-electron chi connectivity index (χ3n) is 6.65. The summed E-state index contributed by atoms with van der Waals surface area (Å²) >= 11 is 0. The van der Waals surface area contributed by atoms with Gasteiger partial charge in [-0.1, -0.05) is 6.07 Å². The van der Waals surface area contributed by atoms with E-state index in [2.05, 4.69) is 4.90 Å². The first-order valence-electron chi connectivity index (χ1n) is 9.11. The van der Waals surface area contributed by atoms with Gasteiger partial charge in [0, 0.05) is 5.56 Å². The lowest BCUT2D eigenvalue weighted by Gasteiger charge is -2.39. The number of hydrogen-bond donors (Lipinski definition) is 1. The van der Waals surface area contributed by atoms with Gasteiger partial charge >= 0.3 is 0 Å². The Morgan fingerprint density at radius 2 is 1.81 bits per heavy atom. The molecule has 0 radical (unpaired) electrons. The van der Waals surface area contributed by atoms with E-state index in [1.165, 1.54) is 0 Å². The highest BCUT2D eigenvalue weighted by molar-refractivity contribution is 5.60. The van der Waals surface area contributed by atoms with Gasteiger partial charge in [-0.15, -0.1) is 0 Å². The summed E-state index contributed by atoms with van der Waals surface area (Å²) < 4.78 is 29.0. The first-order chi connectivity index (χ1) is 13.2. The van der Waals surface area contributed by atoms with Crippen molar-refractivity contribution in [2.45, 2.75) is 30.4 Å².